The number of hydrogen-bond donors (Lipinski definition) is 1. The van der Waals surface area contributed by atoms with Crippen molar-refractivity contribution in [2.45, 2.75) is 25.3 Å². The van der Waals surface area contributed by atoms with Crippen molar-refractivity contribution < 1.29 is 4.79 Å². The summed E-state index contributed by atoms with van der Waals surface area (Å²) >= 11 is 0. The van der Waals surface area contributed by atoms with E-state index < -0.39 is 0 Å². The van der Waals surface area contributed by atoms with Gasteiger partial charge in [0.1, 0.15) is 0 Å². The maximum absolute atomic E-state index is 9.97. The maximum atomic E-state index is 9.97. The normalized spacial score (nSPS) is 29.8. The average molecular weight is 112 g/mol. The van der Waals surface area contributed by atoms with Crippen LogP contribution in [-0.4, -0.2) is 18.9 Å². The van der Waals surface area contributed by atoms with E-state index in [1.165, 1.54) is 12.8 Å². The van der Waals surface area contributed by atoms with E-state index in [0.717, 1.165) is 13.0 Å². The first-order valence-electron chi connectivity index (χ1n) is 3.04. The van der Waals surface area contributed by atoms with Crippen molar-refractivity contribution in [3.8, 4) is 0 Å². The molecule has 0 bridgehead atoms. The van der Waals surface area contributed by atoms with Gasteiger partial charge in [0.05, 0.1) is 6.04 Å². The minimum Gasteiger partial charge on any atom is -0.307 e. The first kappa shape index (κ1) is 5.76. The van der Waals surface area contributed by atoms with Crippen LogP contribution in [0.4, 0.5) is 0 Å². The van der Waals surface area contributed by atoms with Crippen molar-refractivity contribution in [1.29, 1.82) is 0 Å². The molecule has 1 atom stereocenters. The summed E-state index contributed by atoms with van der Waals surface area (Å²) < 4.78 is 0. The van der Waals surface area contributed by atoms with E-state index in [1.807, 2.05) is 6.29 Å². The van der Waals surface area contributed by atoms with Crippen LogP contribution in [0.2, 0.25) is 0 Å². The quantitative estimate of drug-likeness (QED) is 0.526. The van der Waals surface area contributed by atoms with E-state index in [9.17, 15) is 4.79 Å². The van der Waals surface area contributed by atoms with Gasteiger partial charge in [-0.3, -0.25) is 4.79 Å². The van der Waals surface area contributed by atoms with Crippen molar-refractivity contribution >= 4 is 6.29 Å². The Labute approximate surface area is 49.3 Å². The van der Waals surface area contributed by atoms with Crippen LogP contribution in [0.3, 0.4) is 0 Å². The van der Waals surface area contributed by atoms with Crippen LogP contribution >= 0.6 is 0 Å². The van der Waals surface area contributed by atoms with Gasteiger partial charge in [-0.25, -0.2) is 0 Å². The standard InChI is InChI=1S/C6H10NO/c8-5-6-3-1-2-4-7-6/h6-7H,1-4H2. The van der Waals surface area contributed by atoms with Gasteiger partial charge < -0.3 is 5.32 Å². The van der Waals surface area contributed by atoms with E-state index in [-0.39, 0.29) is 6.04 Å². The van der Waals surface area contributed by atoms with Crippen LogP contribution in [0.15, 0.2) is 0 Å². The summed E-state index contributed by atoms with van der Waals surface area (Å²) in [5, 5.41) is 3.05. The highest BCUT2D eigenvalue weighted by Crippen LogP contribution is 2.03. The highest BCUT2D eigenvalue weighted by molar-refractivity contribution is 5.58. The molecule has 0 aromatic rings. The first-order valence-corrected chi connectivity index (χ1v) is 3.04. The number of rotatable bonds is 1. The van der Waals surface area contributed by atoms with Gasteiger partial charge in [-0.05, 0) is 19.4 Å². The molecule has 45 valence electrons. The van der Waals surface area contributed by atoms with Crippen LogP contribution in [0.1, 0.15) is 19.3 Å². The van der Waals surface area contributed by atoms with Gasteiger partial charge in [0, 0.05) is 0 Å². The topological polar surface area (TPSA) is 29.1 Å². The summed E-state index contributed by atoms with van der Waals surface area (Å²) in [5.74, 6) is 0. The van der Waals surface area contributed by atoms with E-state index in [1.54, 1.807) is 0 Å². The molecule has 0 aromatic carbocycles. The molecular formula is C6H10NO. The second-order valence-corrected chi connectivity index (χ2v) is 2.12. The zero-order valence-electron chi connectivity index (χ0n) is 4.81. The average Bonchev–Trinajstić information content (AvgIpc) is 1.90. The summed E-state index contributed by atoms with van der Waals surface area (Å²) in [6.07, 6.45) is 5.30. The number of carbonyl (C=O) groups excluding carboxylic acids is 1. The molecule has 1 unspecified atom stereocenters. The first-order chi connectivity index (χ1) is 3.93. The highest BCUT2D eigenvalue weighted by Gasteiger charge is 2.10. The third kappa shape index (κ3) is 1.30. The Morgan fingerprint density at radius 3 is 2.75 bits per heavy atom. The Morgan fingerprint density at radius 1 is 1.50 bits per heavy atom. The molecule has 0 amide bonds. The van der Waals surface area contributed by atoms with E-state index >= 15 is 0 Å². The Hall–Kier alpha value is -0.370. The molecule has 1 saturated heterocycles. The van der Waals surface area contributed by atoms with Gasteiger partial charge in [0.15, 0.2) is 0 Å². The third-order valence-electron chi connectivity index (χ3n) is 1.45. The Bertz CT molecular complexity index is 76.6. The summed E-state index contributed by atoms with van der Waals surface area (Å²) in [6, 6.07) is 0.0312. The monoisotopic (exact) mass is 112 g/mol. The molecule has 1 N–H and O–H groups in total. The molecule has 1 rings (SSSR count). The van der Waals surface area contributed by atoms with Crippen molar-refractivity contribution in [1.82, 2.24) is 5.32 Å². The summed E-state index contributed by atoms with van der Waals surface area (Å²) in [5.41, 5.74) is 0. The van der Waals surface area contributed by atoms with E-state index in [2.05, 4.69) is 5.32 Å². The molecule has 1 aliphatic heterocycles. The SMILES string of the molecule is O=[C]C1CCCCN1. The van der Waals surface area contributed by atoms with Crippen LogP contribution in [0, 0.1) is 0 Å². The molecule has 0 saturated carbocycles. The van der Waals surface area contributed by atoms with Gasteiger partial charge in [-0.2, -0.15) is 0 Å². The molecule has 1 radical (unpaired) electrons. The van der Waals surface area contributed by atoms with Gasteiger partial charge in [-0.15, -0.1) is 0 Å². The zero-order valence-corrected chi connectivity index (χ0v) is 4.81. The summed E-state index contributed by atoms with van der Waals surface area (Å²) in [6.45, 7) is 0.986. The lowest BCUT2D eigenvalue weighted by Gasteiger charge is -2.16. The fraction of sp³-hybridized carbons (Fsp3) is 0.833. The minimum absolute atomic E-state index is 0.0312. The molecule has 0 aliphatic carbocycles. The highest BCUT2D eigenvalue weighted by atomic mass is 16.1. The van der Waals surface area contributed by atoms with Crippen molar-refractivity contribution in [3.63, 3.8) is 0 Å². The maximum Gasteiger partial charge on any atom is 0.216 e. The van der Waals surface area contributed by atoms with Crippen molar-refractivity contribution in [2.24, 2.45) is 0 Å². The molecule has 1 aliphatic rings. The number of hydrogen-bond acceptors (Lipinski definition) is 2. The van der Waals surface area contributed by atoms with Crippen LogP contribution in [0.25, 0.3) is 0 Å². The van der Waals surface area contributed by atoms with Crippen LogP contribution in [-0.2, 0) is 4.79 Å². The smallest absolute Gasteiger partial charge is 0.216 e. The van der Waals surface area contributed by atoms with Gasteiger partial charge in [0.2, 0.25) is 6.29 Å². The van der Waals surface area contributed by atoms with E-state index in [0.29, 0.717) is 0 Å². The van der Waals surface area contributed by atoms with Crippen LogP contribution < -0.4 is 5.32 Å². The molecule has 1 heterocycles. The van der Waals surface area contributed by atoms with Crippen molar-refractivity contribution in [2.75, 3.05) is 6.54 Å². The van der Waals surface area contributed by atoms with Crippen LogP contribution in [0.5, 0.6) is 0 Å². The van der Waals surface area contributed by atoms with E-state index in [4.69, 9.17) is 0 Å². The molecule has 0 spiro atoms. The predicted molar refractivity (Wildman–Crippen MR) is 31.3 cm³/mol. The second-order valence-electron chi connectivity index (χ2n) is 2.12. The zero-order chi connectivity index (χ0) is 5.82. The molecule has 1 fully saturated rings. The summed E-state index contributed by atoms with van der Waals surface area (Å²) in [4.78, 5) is 9.97. The molecular weight excluding hydrogens is 102 g/mol. The fourth-order valence-electron chi connectivity index (χ4n) is 0.952. The van der Waals surface area contributed by atoms with Gasteiger partial charge in [-0.1, -0.05) is 6.42 Å². The van der Waals surface area contributed by atoms with Gasteiger partial charge >= 0.3 is 0 Å². The lowest BCUT2D eigenvalue weighted by molar-refractivity contribution is 0.443. The van der Waals surface area contributed by atoms with Crippen molar-refractivity contribution in [3.05, 3.63) is 0 Å². The minimum atomic E-state index is 0.0312. The Kier molecular flexibility index (Phi) is 2.03. The fourth-order valence-corrected chi connectivity index (χ4v) is 0.952. The third-order valence-corrected chi connectivity index (χ3v) is 1.45. The lowest BCUT2D eigenvalue weighted by atomic mass is 10.1. The number of piperidine rings is 1. The lowest BCUT2D eigenvalue weighted by Crippen LogP contribution is -2.34. The largest absolute Gasteiger partial charge is 0.307 e. The molecule has 0 aromatic heterocycles. The Balaban J connectivity index is 2.22. The number of nitrogens with one attached hydrogen (secondary N) is 1. The molecule has 2 heteroatoms. The molecule has 2 nitrogen and oxygen atoms in total. The Morgan fingerprint density at radius 2 is 2.38 bits per heavy atom. The van der Waals surface area contributed by atoms with Gasteiger partial charge in [0.25, 0.3) is 0 Å². The second kappa shape index (κ2) is 2.82. The molecule has 8 heavy (non-hydrogen) atoms. The summed E-state index contributed by atoms with van der Waals surface area (Å²) in [7, 11) is 0. The predicted octanol–water partition coefficient (Wildman–Crippen LogP) is 0.238.